The maximum absolute atomic E-state index is 11.1. The minimum absolute atomic E-state index is 0.112. The minimum Gasteiger partial charge on any atom is -0.448 e. The molecule has 0 saturated heterocycles. The van der Waals surface area contributed by atoms with Crippen LogP contribution in [-0.4, -0.2) is 24.8 Å². The van der Waals surface area contributed by atoms with E-state index < -0.39 is 5.79 Å². The molecule has 7 aliphatic rings. The van der Waals surface area contributed by atoms with Crippen LogP contribution in [0, 0.1) is 23.2 Å². The summed E-state index contributed by atoms with van der Waals surface area (Å²) in [7, 11) is 0. The lowest BCUT2D eigenvalue weighted by molar-refractivity contribution is -0.166. The lowest BCUT2D eigenvalue weighted by Crippen LogP contribution is -2.54. The number of nitrogens with one attached hydrogen (secondary N) is 1. The lowest BCUT2D eigenvalue weighted by atomic mass is 9.47. The summed E-state index contributed by atoms with van der Waals surface area (Å²) in [5.74, 6) is 4.11. The summed E-state index contributed by atoms with van der Waals surface area (Å²) in [6.07, 6.45) is 15.6. The maximum atomic E-state index is 11.1. The molecule has 1 aromatic rings. The molecule has 5 heteroatoms. The Balaban J connectivity index is 1.25. The van der Waals surface area contributed by atoms with E-state index in [1.54, 1.807) is 0 Å². The van der Waals surface area contributed by atoms with Crippen LogP contribution in [0.1, 0.15) is 87.9 Å². The van der Waals surface area contributed by atoms with Crippen molar-refractivity contribution in [2.75, 3.05) is 6.54 Å². The van der Waals surface area contributed by atoms with Gasteiger partial charge in [0.2, 0.25) is 6.41 Å². The molecule has 5 saturated carbocycles. The molecule has 1 spiro atoms. The second kappa shape index (κ2) is 7.12. The third kappa shape index (κ3) is 2.96. The van der Waals surface area contributed by atoms with E-state index >= 15 is 0 Å². The predicted molar refractivity (Wildman–Crippen MR) is 120 cm³/mol. The van der Waals surface area contributed by atoms with E-state index in [2.05, 4.69) is 17.4 Å². The quantitative estimate of drug-likeness (QED) is 0.669. The van der Waals surface area contributed by atoms with Crippen molar-refractivity contribution < 1.29 is 19.0 Å². The third-order valence-electron chi connectivity index (χ3n) is 9.68. The number of rotatable bonds is 4. The first kappa shape index (κ1) is 19.7. The van der Waals surface area contributed by atoms with Crippen molar-refractivity contribution in [3.05, 3.63) is 23.3 Å². The second-order valence-corrected chi connectivity index (χ2v) is 11.8. The predicted octanol–water partition coefficient (Wildman–Crippen LogP) is 5.06. The van der Waals surface area contributed by atoms with Gasteiger partial charge in [-0.1, -0.05) is 12.5 Å². The number of amides is 1. The van der Waals surface area contributed by atoms with Crippen LogP contribution in [0.3, 0.4) is 0 Å². The zero-order valence-electron chi connectivity index (χ0n) is 18.9. The Kier molecular flexibility index (Phi) is 4.38. The van der Waals surface area contributed by atoms with Gasteiger partial charge in [0.1, 0.15) is 6.10 Å². The summed E-state index contributed by atoms with van der Waals surface area (Å²) in [6.45, 7) is 0.518. The molecular formula is C27H35NO4. The van der Waals surface area contributed by atoms with Crippen molar-refractivity contribution in [3.63, 3.8) is 0 Å². The van der Waals surface area contributed by atoms with E-state index in [9.17, 15) is 4.79 Å². The van der Waals surface area contributed by atoms with E-state index in [0.717, 1.165) is 54.9 Å². The fourth-order valence-corrected chi connectivity index (χ4v) is 8.78. The number of hydrogen-bond acceptors (Lipinski definition) is 4. The van der Waals surface area contributed by atoms with Crippen molar-refractivity contribution in [1.29, 1.82) is 0 Å². The van der Waals surface area contributed by atoms with Crippen molar-refractivity contribution >= 4 is 6.41 Å². The highest BCUT2D eigenvalue weighted by atomic mass is 16.7. The van der Waals surface area contributed by atoms with Crippen molar-refractivity contribution in [2.24, 2.45) is 23.2 Å². The number of fused-ring (bicyclic) bond motifs is 3. The average molecular weight is 438 g/mol. The molecule has 8 rings (SSSR count). The Morgan fingerprint density at radius 2 is 1.69 bits per heavy atom. The zero-order valence-corrected chi connectivity index (χ0v) is 18.9. The van der Waals surface area contributed by atoms with E-state index in [-0.39, 0.29) is 12.2 Å². The molecular weight excluding hydrogens is 402 g/mol. The van der Waals surface area contributed by atoms with Crippen LogP contribution in [0.5, 0.6) is 11.5 Å². The SMILES string of the molecule is O=CNC[C@@H]1O[C@H](C23CC4CC(CC(C4)C2)C3)Cc2c1ccc1c2OC2(CCCCC2)O1. The van der Waals surface area contributed by atoms with Gasteiger partial charge in [0, 0.05) is 31.4 Å². The fourth-order valence-electron chi connectivity index (χ4n) is 8.78. The van der Waals surface area contributed by atoms with Crippen molar-refractivity contribution in [3.8, 4) is 11.5 Å². The molecule has 5 fully saturated rings. The van der Waals surface area contributed by atoms with Crippen LogP contribution in [0.2, 0.25) is 0 Å². The number of ether oxygens (including phenoxy) is 3. The number of carbonyl (C=O) groups is 1. The van der Waals surface area contributed by atoms with Gasteiger partial charge in [-0.2, -0.15) is 0 Å². The Bertz CT molecular complexity index is 885. The molecule has 2 heterocycles. The van der Waals surface area contributed by atoms with Crippen molar-refractivity contribution in [2.45, 2.75) is 95.0 Å². The summed E-state index contributed by atoms with van der Waals surface area (Å²) in [4.78, 5) is 11.1. The molecule has 172 valence electrons. The normalized spacial score (nSPS) is 40.3. The van der Waals surface area contributed by atoms with Gasteiger partial charge in [-0.3, -0.25) is 4.79 Å². The number of hydrogen-bond donors (Lipinski definition) is 1. The van der Waals surface area contributed by atoms with Crippen LogP contribution < -0.4 is 14.8 Å². The van der Waals surface area contributed by atoms with Gasteiger partial charge in [-0.15, -0.1) is 0 Å². The Morgan fingerprint density at radius 1 is 0.969 bits per heavy atom. The molecule has 1 N–H and O–H groups in total. The molecule has 2 atom stereocenters. The molecule has 5 nitrogen and oxygen atoms in total. The Morgan fingerprint density at radius 3 is 2.38 bits per heavy atom. The maximum Gasteiger partial charge on any atom is 0.251 e. The molecule has 1 amide bonds. The highest BCUT2D eigenvalue weighted by molar-refractivity contribution is 5.55. The lowest BCUT2D eigenvalue weighted by Gasteiger charge is -2.60. The van der Waals surface area contributed by atoms with Crippen LogP contribution in [0.15, 0.2) is 12.1 Å². The first-order valence-electron chi connectivity index (χ1n) is 13.0. The minimum atomic E-state index is -0.458. The standard InChI is InChI=1S/C27H35NO4/c29-16-28-15-23-20-4-5-22-25(32-27(31-22)6-2-1-3-7-27)21(20)11-24(30-23)26-12-17-8-18(13-26)10-19(9-17)14-26/h4-5,16-19,23-24H,1-3,6-15H2,(H,28,29)/t17?,18?,19?,23-,24-,26?/m0/s1. The van der Waals surface area contributed by atoms with Crippen molar-refractivity contribution in [1.82, 2.24) is 5.32 Å². The summed E-state index contributed by atoms with van der Waals surface area (Å²) >= 11 is 0. The molecule has 4 bridgehead atoms. The smallest absolute Gasteiger partial charge is 0.251 e. The first-order chi connectivity index (χ1) is 15.7. The Labute approximate surface area is 190 Å². The summed E-state index contributed by atoms with van der Waals surface area (Å²) in [5.41, 5.74) is 2.77. The van der Waals surface area contributed by atoms with E-state index in [0.29, 0.717) is 12.0 Å². The van der Waals surface area contributed by atoms with Crippen LogP contribution in [0.4, 0.5) is 0 Å². The van der Waals surface area contributed by atoms with Gasteiger partial charge in [-0.25, -0.2) is 0 Å². The van der Waals surface area contributed by atoms with Crippen LogP contribution in [-0.2, 0) is 16.0 Å². The van der Waals surface area contributed by atoms with Gasteiger partial charge in [0.25, 0.3) is 5.79 Å². The van der Waals surface area contributed by atoms with E-state index in [1.165, 1.54) is 68.9 Å². The second-order valence-electron chi connectivity index (χ2n) is 11.8. The topological polar surface area (TPSA) is 56.8 Å². The van der Waals surface area contributed by atoms with E-state index in [1.807, 2.05) is 0 Å². The molecule has 5 aliphatic carbocycles. The number of carbonyl (C=O) groups excluding carboxylic acids is 1. The average Bonchev–Trinajstić information content (AvgIpc) is 3.14. The molecule has 1 aromatic carbocycles. The van der Waals surface area contributed by atoms with E-state index in [4.69, 9.17) is 14.2 Å². The van der Waals surface area contributed by atoms with Gasteiger partial charge in [0.15, 0.2) is 11.5 Å². The van der Waals surface area contributed by atoms with Crippen LogP contribution in [0.25, 0.3) is 0 Å². The van der Waals surface area contributed by atoms with Gasteiger partial charge >= 0.3 is 0 Å². The molecule has 32 heavy (non-hydrogen) atoms. The molecule has 2 aliphatic heterocycles. The summed E-state index contributed by atoms with van der Waals surface area (Å²) in [6, 6.07) is 4.23. The largest absolute Gasteiger partial charge is 0.448 e. The third-order valence-corrected chi connectivity index (χ3v) is 9.68. The number of benzene rings is 1. The monoisotopic (exact) mass is 437 g/mol. The van der Waals surface area contributed by atoms with Gasteiger partial charge in [-0.05, 0) is 86.2 Å². The molecule has 0 aromatic heterocycles. The van der Waals surface area contributed by atoms with Gasteiger partial charge in [0.05, 0.1) is 6.10 Å². The summed E-state index contributed by atoms with van der Waals surface area (Å²) in [5, 5.41) is 2.90. The summed E-state index contributed by atoms with van der Waals surface area (Å²) < 4.78 is 20.0. The highest BCUT2D eigenvalue weighted by Crippen LogP contribution is 2.63. The molecule has 0 unspecified atom stereocenters. The van der Waals surface area contributed by atoms with Crippen LogP contribution >= 0.6 is 0 Å². The first-order valence-corrected chi connectivity index (χ1v) is 13.0. The fraction of sp³-hybridized carbons (Fsp3) is 0.741. The Hall–Kier alpha value is -1.75. The zero-order chi connectivity index (χ0) is 21.3. The van der Waals surface area contributed by atoms with Gasteiger partial charge < -0.3 is 19.5 Å². The highest BCUT2D eigenvalue weighted by Gasteiger charge is 2.56. The molecule has 0 radical (unpaired) electrons.